The van der Waals surface area contributed by atoms with Crippen LogP contribution in [0.3, 0.4) is 0 Å². The number of aliphatic hydroxyl groups excluding tert-OH is 1. The summed E-state index contributed by atoms with van der Waals surface area (Å²) in [6.07, 6.45) is 3.87. The molecule has 0 saturated heterocycles. The van der Waals surface area contributed by atoms with E-state index in [9.17, 15) is 5.11 Å². The highest BCUT2D eigenvalue weighted by atomic mass is 32.2. The molecule has 0 spiro atoms. The minimum Gasteiger partial charge on any atom is -0.454 e. The molecule has 4 nitrogen and oxygen atoms in total. The summed E-state index contributed by atoms with van der Waals surface area (Å²) in [5, 5.41) is 13.7. The third kappa shape index (κ3) is 3.84. The number of hydrogen-bond donors (Lipinski definition) is 2. The van der Waals surface area contributed by atoms with E-state index in [1.807, 2.05) is 30.0 Å². The van der Waals surface area contributed by atoms with Crippen molar-refractivity contribution in [3.63, 3.8) is 0 Å². The molecule has 1 atom stereocenters. The van der Waals surface area contributed by atoms with Crippen LogP contribution in [0.15, 0.2) is 18.2 Å². The number of thioether (sulfide) groups is 1. The average molecular weight is 311 g/mol. The zero-order valence-corrected chi connectivity index (χ0v) is 13.8. The van der Waals surface area contributed by atoms with Crippen molar-refractivity contribution in [1.82, 2.24) is 5.32 Å². The summed E-state index contributed by atoms with van der Waals surface area (Å²) in [7, 11) is 0. The summed E-state index contributed by atoms with van der Waals surface area (Å²) in [4.78, 5) is 0. The van der Waals surface area contributed by atoms with E-state index in [1.54, 1.807) is 0 Å². The lowest BCUT2D eigenvalue weighted by Gasteiger charge is -2.30. The highest BCUT2D eigenvalue weighted by Gasteiger charge is 2.24. The van der Waals surface area contributed by atoms with Gasteiger partial charge in [0.05, 0.1) is 6.10 Å². The second-order valence-corrected chi connectivity index (χ2v) is 6.63. The van der Waals surface area contributed by atoms with Crippen molar-refractivity contribution in [2.75, 3.05) is 26.1 Å². The van der Waals surface area contributed by atoms with Crippen LogP contribution in [-0.2, 0) is 0 Å². The first-order valence-electron chi connectivity index (χ1n) is 7.47. The first-order valence-corrected chi connectivity index (χ1v) is 8.70. The molecule has 1 heterocycles. The molecule has 1 aliphatic rings. The Labute approximate surface area is 131 Å². The Hall–Kier alpha value is -0.910. The van der Waals surface area contributed by atoms with Crippen molar-refractivity contribution in [3.05, 3.63) is 23.8 Å². The third-order valence-electron chi connectivity index (χ3n) is 4.29. The van der Waals surface area contributed by atoms with Gasteiger partial charge in [-0.1, -0.05) is 19.9 Å². The third-order valence-corrected chi connectivity index (χ3v) is 5.88. The molecule has 0 radical (unpaired) electrons. The van der Waals surface area contributed by atoms with E-state index in [2.05, 4.69) is 25.4 Å². The van der Waals surface area contributed by atoms with Crippen LogP contribution in [0.2, 0.25) is 0 Å². The lowest BCUT2D eigenvalue weighted by Crippen LogP contribution is -2.38. The van der Waals surface area contributed by atoms with Crippen LogP contribution in [0.5, 0.6) is 11.5 Å². The highest BCUT2D eigenvalue weighted by molar-refractivity contribution is 8.00. The van der Waals surface area contributed by atoms with Crippen LogP contribution in [-0.4, -0.2) is 36.0 Å². The smallest absolute Gasteiger partial charge is 0.231 e. The van der Waals surface area contributed by atoms with Gasteiger partial charge in [-0.3, -0.25) is 0 Å². The van der Waals surface area contributed by atoms with E-state index < -0.39 is 6.10 Å². The van der Waals surface area contributed by atoms with Gasteiger partial charge in [-0.15, -0.1) is 0 Å². The molecule has 0 bridgehead atoms. The molecule has 21 heavy (non-hydrogen) atoms. The molecule has 2 rings (SSSR count). The van der Waals surface area contributed by atoms with Crippen LogP contribution in [0.1, 0.15) is 38.4 Å². The molecule has 118 valence electrons. The Morgan fingerprint density at radius 3 is 2.67 bits per heavy atom. The van der Waals surface area contributed by atoms with Gasteiger partial charge in [-0.05, 0) is 36.8 Å². The maximum atomic E-state index is 10.3. The Bertz CT molecular complexity index is 455. The fraction of sp³-hybridized carbons (Fsp3) is 0.625. The van der Waals surface area contributed by atoms with E-state index in [4.69, 9.17) is 9.47 Å². The molecule has 1 aromatic carbocycles. The normalized spacial score (nSPS) is 15.2. The number of ether oxygens (including phenoxy) is 2. The van der Waals surface area contributed by atoms with E-state index in [-0.39, 0.29) is 11.5 Å². The van der Waals surface area contributed by atoms with Crippen molar-refractivity contribution in [1.29, 1.82) is 0 Å². The van der Waals surface area contributed by atoms with E-state index in [0.717, 1.165) is 30.7 Å². The molecule has 0 aromatic heterocycles. The standard InChI is InChI=1S/C16H25NO3S/c1-4-16(5-2,21-3)10-17-9-13(18)12-6-7-14-15(8-12)20-11-19-14/h6-8,13,17-18H,4-5,9-11H2,1-3H3. The summed E-state index contributed by atoms with van der Waals surface area (Å²) in [6, 6.07) is 5.60. The van der Waals surface area contributed by atoms with Crippen molar-refractivity contribution in [2.45, 2.75) is 37.5 Å². The number of fused-ring (bicyclic) bond motifs is 1. The molecular weight excluding hydrogens is 286 g/mol. The number of hydrogen-bond acceptors (Lipinski definition) is 5. The average Bonchev–Trinajstić information content (AvgIpc) is 2.99. The van der Waals surface area contributed by atoms with Gasteiger partial charge in [0.1, 0.15) is 0 Å². The molecule has 0 saturated carbocycles. The van der Waals surface area contributed by atoms with Crippen LogP contribution < -0.4 is 14.8 Å². The fourth-order valence-electron chi connectivity index (χ4n) is 2.54. The lowest BCUT2D eigenvalue weighted by molar-refractivity contribution is 0.169. The topological polar surface area (TPSA) is 50.7 Å². The molecule has 0 aliphatic carbocycles. The van der Waals surface area contributed by atoms with Gasteiger partial charge in [0.25, 0.3) is 0 Å². The number of benzene rings is 1. The Balaban J connectivity index is 1.88. The van der Waals surface area contributed by atoms with Crippen LogP contribution in [0.4, 0.5) is 0 Å². The maximum Gasteiger partial charge on any atom is 0.231 e. The first-order chi connectivity index (χ1) is 10.1. The summed E-state index contributed by atoms with van der Waals surface area (Å²) in [6.45, 7) is 6.15. The zero-order chi connectivity index (χ0) is 15.3. The van der Waals surface area contributed by atoms with Gasteiger partial charge in [0.2, 0.25) is 6.79 Å². The second kappa shape index (κ2) is 7.38. The monoisotopic (exact) mass is 311 g/mol. The van der Waals surface area contributed by atoms with Crippen molar-refractivity contribution < 1.29 is 14.6 Å². The number of aliphatic hydroxyl groups is 1. The maximum absolute atomic E-state index is 10.3. The molecule has 0 fully saturated rings. The van der Waals surface area contributed by atoms with E-state index >= 15 is 0 Å². The van der Waals surface area contributed by atoms with Gasteiger partial charge in [0.15, 0.2) is 11.5 Å². The van der Waals surface area contributed by atoms with Crippen LogP contribution in [0.25, 0.3) is 0 Å². The largest absolute Gasteiger partial charge is 0.454 e. The molecule has 2 N–H and O–H groups in total. The molecule has 5 heteroatoms. The Kier molecular flexibility index (Phi) is 5.79. The molecule has 1 aliphatic heterocycles. The second-order valence-electron chi connectivity index (χ2n) is 5.35. The molecule has 1 unspecified atom stereocenters. The summed E-state index contributed by atoms with van der Waals surface area (Å²) in [5.41, 5.74) is 0.856. The van der Waals surface area contributed by atoms with Crippen molar-refractivity contribution in [3.8, 4) is 11.5 Å². The van der Waals surface area contributed by atoms with Crippen molar-refractivity contribution >= 4 is 11.8 Å². The SMILES string of the molecule is CCC(CC)(CNCC(O)c1ccc2c(c1)OCO2)SC. The predicted molar refractivity (Wildman–Crippen MR) is 87.2 cm³/mol. The van der Waals surface area contributed by atoms with Gasteiger partial charge < -0.3 is 19.9 Å². The molecule has 1 aromatic rings. The van der Waals surface area contributed by atoms with Gasteiger partial charge in [-0.2, -0.15) is 11.8 Å². The minimum atomic E-state index is -0.534. The quantitative estimate of drug-likeness (QED) is 0.773. The Morgan fingerprint density at radius 2 is 2.00 bits per heavy atom. The molecule has 0 amide bonds. The summed E-state index contributed by atoms with van der Waals surface area (Å²) in [5.74, 6) is 1.46. The minimum absolute atomic E-state index is 0.259. The zero-order valence-electron chi connectivity index (χ0n) is 13.0. The van der Waals surface area contributed by atoms with Crippen LogP contribution >= 0.6 is 11.8 Å². The summed E-state index contributed by atoms with van der Waals surface area (Å²) < 4.78 is 10.9. The number of nitrogens with one attached hydrogen (secondary N) is 1. The first kappa shape index (κ1) is 16.5. The van der Waals surface area contributed by atoms with Crippen LogP contribution in [0, 0.1) is 0 Å². The fourth-order valence-corrected chi connectivity index (χ4v) is 3.36. The highest BCUT2D eigenvalue weighted by Crippen LogP contribution is 2.34. The predicted octanol–water partition coefficient (Wildman–Crippen LogP) is 2.96. The van der Waals surface area contributed by atoms with E-state index in [1.165, 1.54) is 0 Å². The van der Waals surface area contributed by atoms with Gasteiger partial charge in [-0.25, -0.2) is 0 Å². The van der Waals surface area contributed by atoms with E-state index in [0.29, 0.717) is 12.3 Å². The van der Waals surface area contributed by atoms with Crippen molar-refractivity contribution in [2.24, 2.45) is 0 Å². The van der Waals surface area contributed by atoms with Gasteiger partial charge >= 0.3 is 0 Å². The molecular formula is C16H25NO3S. The number of rotatable bonds is 8. The Morgan fingerprint density at radius 1 is 1.29 bits per heavy atom. The summed E-state index contributed by atoms with van der Waals surface area (Å²) >= 11 is 1.90. The lowest BCUT2D eigenvalue weighted by atomic mass is 10.0. The van der Waals surface area contributed by atoms with Gasteiger partial charge in [0, 0.05) is 17.8 Å².